The molecule has 4 nitrogen and oxygen atoms in total. The number of fused-ring (bicyclic) bond motifs is 1. The van der Waals surface area contributed by atoms with Gasteiger partial charge in [-0.3, -0.25) is 0 Å². The Morgan fingerprint density at radius 3 is 2.42 bits per heavy atom. The second-order valence-corrected chi connectivity index (χ2v) is 6.10. The van der Waals surface area contributed by atoms with Crippen LogP contribution in [0.4, 0.5) is 0 Å². The van der Waals surface area contributed by atoms with Crippen LogP contribution in [0, 0.1) is 0 Å². The second-order valence-electron chi connectivity index (χ2n) is 5.72. The van der Waals surface area contributed by atoms with Crippen molar-refractivity contribution in [2.24, 2.45) is 0 Å². The molecule has 0 saturated carbocycles. The van der Waals surface area contributed by atoms with Crippen molar-refractivity contribution < 1.29 is 9.47 Å². The molecule has 0 amide bonds. The number of rotatable bonds is 3. The molecule has 126 valence electrons. The third kappa shape index (κ3) is 2.91. The van der Waals surface area contributed by atoms with Crippen LogP contribution in [-0.2, 0) is 6.42 Å². The van der Waals surface area contributed by atoms with Crippen LogP contribution >= 0.6 is 12.2 Å². The standard InChI is InChI=1S/C19H22N2O2S/c1-20-19(24)21-10-9-14-11-16(22-2)17(23-3)12-15(14)18(21)13-7-5-4-6-8-13/h4-8,11-12,18H,9-10H2,1-3H3,(H,20,24)/t18-/m0/s1. The summed E-state index contributed by atoms with van der Waals surface area (Å²) in [5, 5.41) is 3.87. The molecule has 0 aromatic heterocycles. The number of hydrogen-bond donors (Lipinski definition) is 1. The predicted octanol–water partition coefficient (Wildman–Crippen LogP) is 3.16. The van der Waals surface area contributed by atoms with E-state index in [9.17, 15) is 0 Å². The fourth-order valence-electron chi connectivity index (χ4n) is 3.30. The van der Waals surface area contributed by atoms with Crippen molar-refractivity contribution in [3.05, 3.63) is 59.2 Å². The Hall–Kier alpha value is -2.27. The molecule has 0 saturated heterocycles. The smallest absolute Gasteiger partial charge is 0.169 e. The van der Waals surface area contributed by atoms with Gasteiger partial charge in [-0.1, -0.05) is 30.3 Å². The molecule has 2 aromatic rings. The van der Waals surface area contributed by atoms with Crippen LogP contribution < -0.4 is 14.8 Å². The van der Waals surface area contributed by atoms with Gasteiger partial charge >= 0.3 is 0 Å². The summed E-state index contributed by atoms with van der Waals surface area (Å²) in [4.78, 5) is 2.24. The van der Waals surface area contributed by atoms with Gasteiger partial charge in [-0.15, -0.1) is 0 Å². The van der Waals surface area contributed by atoms with E-state index in [0.29, 0.717) is 0 Å². The SMILES string of the molecule is CNC(=S)N1CCc2cc(OC)c(OC)cc2[C@@H]1c1ccccc1. The lowest BCUT2D eigenvalue weighted by atomic mass is 9.88. The summed E-state index contributed by atoms with van der Waals surface area (Å²) in [7, 11) is 5.21. The molecule has 5 heteroatoms. The maximum Gasteiger partial charge on any atom is 0.169 e. The number of ether oxygens (including phenoxy) is 2. The van der Waals surface area contributed by atoms with Crippen molar-refractivity contribution in [1.82, 2.24) is 10.2 Å². The Kier molecular flexibility index (Phi) is 4.90. The molecule has 1 heterocycles. The number of methoxy groups -OCH3 is 2. The van der Waals surface area contributed by atoms with E-state index in [1.807, 2.05) is 13.1 Å². The van der Waals surface area contributed by atoms with Crippen LogP contribution in [-0.4, -0.2) is 37.8 Å². The Labute approximate surface area is 148 Å². The van der Waals surface area contributed by atoms with Crippen molar-refractivity contribution in [1.29, 1.82) is 0 Å². The van der Waals surface area contributed by atoms with E-state index in [4.69, 9.17) is 21.7 Å². The lowest BCUT2D eigenvalue weighted by Crippen LogP contribution is -2.44. The van der Waals surface area contributed by atoms with Gasteiger partial charge in [0.25, 0.3) is 0 Å². The number of nitrogens with one attached hydrogen (secondary N) is 1. The number of nitrogens with zero attached hydrogens (tertiary/aromatic N) is 1. The lowest BCUT2D eigenvalue weighted by Gasteiger charge is -2.39. The van der Waals surface area contributed by atoms with E-state index >= 15 is 0 Å². The molecule has 0 bridgehead atoms. The summed E-state index contributed by atoms with van der Waals surface area (Å²) >= 11 is 5.55. The molecular formula is C19H22N2O2S. The second kappa shape index (κ2) is 7.09. The van der Waals surface area contributed by atoms with E-state index in [-0.39, 0.29) is 6.04 Å². The molecule has 1 atom stereocenters. The summed E-state index contributed by atoms with van der Waals surface area (Å²) in [6, 6.07) is 14.7. The minimum atomic E-state index is 0.0645. The molecular weight excluding hydrogens is 320 g/mol. The van der Waals surface area contributed by atoms with Gasteiger partial charge in [-0.2, -0.15) is 0 Å². The molecule has 3 rings (SSSR count). The van der Waals surface area contributed by atoms with Gasteiger partial charge in [0, 0.05) is 13.6 Å². The summed E-state index contributed by atoms with van der Waals surface area (Å²) < 4.78 is 11.0. The van der Waals surface area contributed by atoms with Gasteiger partial charge in [0.2, 0.25) is 0 Å². The largest absolute Gasteiger partial charge is 0.493 e. The van der Waals surface area contributed by atoms with Crippen molar-refractivity contribution in [3.63, 3.8) is 0 Å². The maximum absolute atomic E-state index is 5.55. The third-order valence-corrected chi connectivity index (χ3v) is 4.90. The summed E-state index contributed by atoms with van der Waals surface area (Å²) in [6.45, 7) is 0.863. The molecule has 1 aliphatic heterocycles. The number of benzene rings is 2. The molecule has 0 aliphatic carbocycles. The Balaban J connectivity index is 2.15. The molecule has 24 heavy (non-hydrogen) atoms. The fourth-order valence-corrected chi connectivity index (χ4v) is 3.50. The quantitative estimate of drug-likeness (QED) is 0.867. The van der Waals surface area contributed by atoms with Crippen LogP contribution in [0.2, 0.25) is 0 Å². The maximum atomic E-state index is 5.55. The minimum Gasteiger partial charge on any atom is -0.493 e. The highest BCUT2D eigenvalue weighted by molar-refractivity contribution is 7.80. The first-order valence-corrected chi connectivity index (χ1v) is 8.38. The third-order valence-electron chi connectivity index (χ3n) is 4.46. The molecule has 0 unspecified atom stereocenters. The lowest BCUT2D eigenvalue weighted by molar-refractivity contribution is 0.325. The fraction of sp³-hybridized carbons (Fsp3) is 0.316. The first-order valence-electron chi connectivity index (χ1n) is 7.97. The van der Waals surface area contributed by atoms with Crippen molar-refractivity contribution in [2.75, 3.05) is 27.8 Å². The normalized spacial score (nSPS) is 16.3. The first-order chi connectivity index (χ1) is 11.7. The van der Waals surface area contributed by atoms with Crippen LogP contribution in [0.1, 0.15) is 22.7 Å². The highest BCUT2D eigenvalue weighted by atomic mass is 32.1. The Morgan fingerprint density at radius 1 is 1.12 bits per heavy atom. The van der Waals surface area contributed by atoms with Crippen LogP contribution in [0.5, 0.6) is 11.5 Å². The minimum absolute atomic E-state index is 0.0645. The van der Waals surface area contributed by atoms with Crippen molar-refractivity contribution in [3.8, 4) is 11.5 Å². The molecule has 0 radical (unpaired) electrons. The van der Waals surface area contributed by atoms with Gasteiger partial charge < -0.3 is 19.7 Å². The van der Waals surface area contributed by atoms with E-state index in [1.165, 1.54) is 16.7 Å². The van der Waals surface area contributed by atoms with Gasteiger partial charge in [0.15, 0.2) is 16.6 Å². The van der Waals surface area contributed by atoms with E-state index < -0.39 is 0 Å². The highest BCUT2D eigenvalue weighted by Gasteiger charge is 2.31. The van der Waals surface area contributed by atoms with Gasteiger partial charge in [0.05, 0.1) is 20.3 Å². The van der Waals surface area contributed by atoms with Gasteiger partial charge in [-0.05, 0) is 47.5 Å². The van der Waals surface area contributed by atoms with Gasteiger partial charge in [0.1, 0.15) is 0 Å². The first kappa shape index (κ1) is 16.6. The summed E-state index contributed by atoms with van der Waals surface area (Å²) in [6.07, 6.45) is 0.918. The predicted molar refractivity (Wildman–Crippen MR) is 99.9 cm³/mol. The summed E-state index contributed by atoms with van der Waals surface area (Å²) in [5.74, 6) is 1.52. The number of thiocarbonyl (C=S) groups is 1. The van der Waals surface area contributed by atoms with E-state index in [2.05, 4.69) is 46.6 Å². The van der Waals surface area contributed by atoms with E-state index in [0.717, 1.165) is 29.6 Å². The van der Waals surface area contributed by atoms with Crippen molar-refractivity contribution in [2.45, 2.75) is 12.5 Å². The van der Waals surface area contributed by atoms with Crippen LogP contribution in [0.15, 0.2) is 42.5 Å². The topological polar surface area (TPSA) is 33.7 Å². The van der Waals surface area contributed by atoms with Crippen LogP contribution in [0.25, 0.3) is 0 Å². The zero-order valence-electron chi connectivity index (χ0n) is 14.2. The zero-order valence-corrected chi connectivity index (χ0v) is 15.0. The Bertz CT molecular complexity index is 734. The molecule has 1 N–H and O–H groups in total. The highest BCUT2D eigenvalue weighted by Crippen LogP contribution is 2.40. The monoisotopic (exact) mass is 342 g/mol. The molecule has 2 aromatic carbocycles. The van der Waals surface area contributed by atoms with Crippen molar-refractivity contribution >= 4 is 17.3 Å². The average molecular weight is 342 g/mol. The molecule has 0 fully saturated rings. The molecule has 0 spiro atoms. The van der Waals surface area contributed by atoms with Gasteiger partial charge in [-0.25, -0.2) is 0 Å². The van der Waals surface area contributed by atoms with E-state index in [1.54, 1.807) is 14.2 Å². The number of hydrogen-bond acceptors (Lipinski definition) is 3. The molecule has 1 aliphatic rings. The Morgan fingerprint density at radius 2 is 1.79 bits per heavy atom. The zero-order chi connectivity index (χ0) is 17.1. The summed E-state index contributed by atoms with van der Waals surface area (Å²) in [5.41, 5.74) is 3.70. The average Bonchev–Trinajstić information content (AvgIpc) is 2.65. The van der Waals surface area contributed by atoms with Crippen LogP contribution in [0.3, 0.4) is 0 Å².